The molecule has 9 rings (SSSR count). The number of nitrogens with zero attached hydrogens (tertiary/aromatic N) is 2. The number of allylic oxidation sites excluding steroid dienone is 1. The van der Waals surface area contributed by atoms with Crippen LogP contribution < -0.4 is 48.1 Å². The van der Waals surface area contributed by atoms with Crippen LogP contribution in [0.3, 0.4) is 0 Å². The number of methoxy groups -OCH3 is 1. The number of carbonyl (C=O) groups is 10. The van der Waals surface area contributed by atoms with E-state index in [1.165, 1.54) is 77.7 Å². The molecule has 4 aromatic carbocycles. The molecule has 2 bridgehead atoms. The highest BCUT2D eigenvalue weighted by molar-refractivity contribution is 7.98. The smallest absolute Gasteiger partial charge is 0.246 e. The van der Waals surface area contributed by atoms with Crippen LogP contribution in [0.2, 0.25) is 0 Å². The highest BCUT2D eigenvalue weighted by Crippen LogP contribution is 2.35. The van der Waals surface area contributed by atoms with Gasteiger partial charge in [0.15, 0.2) is 5.78 Å². The number of hydrogen-bond acceptors (Lipinski definition) is 14. The Balaban J connectivity index is 1.04. The van der Waals surface area contributed by atoms with Crippen molar-refractivity contribution >= 4 is 98.9 Å². The van der Waals surface area contributed by atoms with Gasteiger partial charge in [0.1, 0.15) is 59.2 Å². The quantitative estimate of drug-likeness (QED) is 0.0612. The number of benzene rings is 4. The van der Waals surface area contributed by atoms with Gasteiger partial charge in [-0.2, -0.15) is 23.5 Å². The van der Waals surface area contributed by atoms with Gasteiger partial charge in [-0.05, 0) is 166 Å². The molecule has 530 valence electrons. The molecule has 2 saturated heterocycles. The van der Waals surface area contributed by atoms with E-state index in [0.717, 1.165) is 16.7 Å². The van der Waals surface area contributed by atoms with E-state index in [9.17, 15) is 38.0 Å². The number of primary amides is 1. The van der Waals surface area contributed by atoms with E-state index in [4.69, 9.17) is 16.2 Å². The summed E-state index contributed by atoms with van der Waals surface area (Å²) in [6, 6.07) is 14.5. The van der Waals surface area contributed by atoms with Gasteiger partial charge in [-0.3, -0.25) is 47.9 Å². The van der Waals surface area contributed by atoms with Crippen LogP contribution in [0.1, 0.15) is 125 Å². The highest BCUT2D eigenvalue weighted by Gasteiger charge is 2.49. The molecule has 99 heavy (non-hydrogen) atoms. The number of rotatable bonds is 13. The van der Waals surface area contributed by atoms with Crippen molar-refractivity contribution in [1.29, 1.82) is 0 Å². The highest BCUT2D eigenvalue weighted by atomic mass is 32.2. The predicted octanol–water partition coefficient (Wildman–Crippen LogP) is 5.99. The fraction of sp³-hybridized carbons (Fsp3) is 0.479. The van der Waals surface area contributed by atoms with Gasteiger partial charge < -0.3 is 62.9 Å². The number of amides is 9. The summed E-state index contributed by atoms with van der Waals surface area (Å²) in [6.07, 6.45) is 5.39. The normalized spacial score (nSPS) is 24.9. The van der Waals surface area contributed by atoms with Gasteiger partial charge in [0.2, 0.25) is 53.2 Å². The van der Waals surface area contributed by atoms with E-state index in [0.29, 0.717) is 94.8 Å². The maximum absolute atomic E-state index is 15.5. The molecule has 26 heteroatoms. The second-order valence-corrected chi connectivity index (χ2v) is 28.8. The second kappa shape index (κ2) is 34.4. The molecule has 11 N–H and O–H groups in total. The number of ether oxygens (including phenoxy) is 1. The molecule has 4 aliphatic rings. The molecule has 1 aliphatic carbocycles. The minimum absolute atomic E-state index is 0.0483. The van der Waals surface area contributed by atoms with Gasteiger partial charge in [-0.1, -0.05) is 62.4 Å². The number of ketones is 1. The number of Topliss-reactive ketones (excluding diaryl/α,β-unsaturated/α-hetero) is 1. The summed E-state index contributed by atoms with van der Waals surface area (Å²) in [5.41, 5.74) is 15.7. The lowest BCUT2D eigenvalue weighted by Gasteiger charge is -2.37. The lowest BCUT2D eigenvalue weighted by molar-refractivity contribution is -0.147. The minimum atomic E-state index is -1.50. The average molecular weight is 1400 g/mol. The van der Waals surface area contributed by atoms with E-state index >= 15 is 18.8 Å². The van der Waals surface area contributed by atoms with Gasteiger partial charge in [0.05, 0.1) is 13.2 Å². The maximum atomic E-state index is 15.5. The summed E-state index contributed by atoms with van der Waals surface area (Å²) in [4.78, 5) is 152. The van der Waals surface area contributed by atoms with Gasteiger partial charge in [-0.15, -0.1) is 0 Å². The lowest BCUT2D eigenvalue weighted by Crippen LogP contribution is -2.63. The first-order valence-corrected chi connectivity index (χ1v) is 36.3. The Kier molecular flexibility index (Phi) is 26.0. The molecule has 9 amide bonds. The number of thioether (sulfide) groups is 2. The van der Waals surface area contributed by atoms with E-state index in [-0.39, 0.29) is 63.8 Å². The molecule has 0 spiro atoms. The number of aromatic nitrogens is 1. The molecular formula is C73H91F2N11O11S2. The summed E-state index contributed by atoms with van der Waals surface area (Å²) in [5, 5.41) is 17.6. The third kappa shape index (κ3) is 19.2. The molecule has 22 nitrogen and oxygen atoms in total. The van der Waals surface area contributed by atoms with Crippen LogP contribution in [-0.4, -0.2) is 160 Å². The summed E-state index contributed by atoms with van der Waals surface area (Å²) in [7, 11) is 1.51. The molecule has 0 radical (unpaired) electrons. The zero-order valence-electron chi connectivity index (χ0n) is 56.7. The second-order valence-electron chi connectivity index (χ2n) is 26.7. The van der Waals surface area contributed by atoms with Crippen molar-refractivity contribution in [3.8, 4) is 5.75 Å². The van der Waals surface area contributed by atoms with Crippen LogP contribution in [0.4, 0.5) is 8.78 Å². The Bertz CT molecular complexity index is 3830. The zero-order valence-corrected chi connectivity index (χ0v) is 58.3. The standard InChI is InChI=1S/C73H91F2N11O11S2/c1-42(2)64-69(93)82-58(32-44-15-22-53(97-5)23-16-44)71(95)86-29-10-26-73(86,4)72(96)83-60(65(77)89)41-99-40-46-12-8-11-45(31-46)39-98-30-25-63(88)80-57(13-6-7-27-76)67(91)79-43(3)62(87)35-49(33-50-38-78-56-24-21-52(75)37-55(50)56)66(90)81-59(70(94)85-28-9-14-61(85)68(92)84-64)34-48-18-17-47-19-20-51(74)36-54(47)48/h8,11-12,15-16,18-24,31,36-38,42-43,49,57-61,64,78H,6-7,9-10,13-14,17,25-30,32-35,39-41,76H2,1-5H3,(H2,77,89)(H,79,91)(H,80,88)(H,81,90)(H,82,93)(H,83,96)(H,84,92)/t43-,49-,57+,58+,59+,60+,61+,64+,73+/m1/s1. The van der Waals surface area contributed by atoms with Crippen molar-refractivity contribution in [2.75, 3.05) is 38.2 Å². The van der Waals surface area contributed by atoms with Gasteiger partial charge in [-0.25, -0.2) is 8.78 Å². The minimum Gasteiger partial charge on any atom is -0.497 e. The summed E-state index contributed by atoms with van der Waals surface area (Å²) < 4.78 is 35.4. The van der Waals surface area contributed by atoms with E-state index < -0.39 is 137 Å². The van der Waals surface area contributed by atoms with Crippen molar-refractivity contribution in [2.24, 2.45) is 23.3 Å². The predicted molar refractivity (Wildman–Crippen MR) is 376 cm³/mol. The number of halogens is 2. The number of unbranched alkanes of at least 4 members (excludes halogenated alkanes) is 1. The summed E-state index contributed by atoms with van der Waals surface area (Å²) in [6.45, 7) is 7.02. The van der Waals surface area contributed by atoms with Gasteiger partial charge >= 0.3 is 0 Å². The molecular weight excluding hydrogens is 1310 g/mol. The molecule has 9 atom stereocenters. The van der Waals surface area contributed by atoms with Crippen LogP contribution in [0, 0.1) is 23.5 Å². The zero-order chi connectivity index (χ0) is 71.1. The molecule has 1 aromatic heterocycles. The number of carbonyl (C=O) groups excluding carboxylic acids is 10. The largest absolute Gasteiger partial charge is 0.497 e. The van der Waals surface area contributed by atoms with Crippen LogP contribution >= 0.6 is 23.5 Å². The molecule has 0 unspecified atom stereocenters. The number of nitrogens with two attached hydrogens (primary N) is 2. The Morgan fingerprint density at radius 2 is 1.46 bits per heavy atom. The van der Waals surface area contributed by atoms with Crippen molar-refractivity contribution in [2.45, 2.75) is 171 Å². The molecule has 4 heterocycles. The van der Waals surface area contributed by atoms with E-state index in [2.05, 4.69) is 36.9 Å². The number of aromatic amines is 1. The lowest BCUT2D eigenvalue weighted by atomic mass is 9.90. The molecule has 5 aromatic rings. The van der Waals surface area contributed by atoms with Crippen LogP contribution in [0.5, 0.6) is 5.75 Å². The monoisotopic (exact) mass is 1400 g/mol. The molecule has 2 fully saturated rings. The van der Waals surface area contributed by atoms with Crippen molar-refractivity contribution in [1.82, 2.24) is 46.7 Å². The number of nitrogens with one attached hydrogen (secondary N) is 7. The topological polar surface area (TPSA) is 326 Å². The first kappa shape index (κ1) is 74.6. The first-order valence-electron chi connectivity index (χ1n) is 34.0. The molecule has 0 saturated carbocycles. The number of fused-ring (bicyclic) bond motifs is 6. The maximum Gasteiger partial charge on any atom is 0.246 e. The SMILES string of the molecule is COc1ccc(C[C@@H]2NC(=O)[C@H](C(C)C)NC(=O)[C@@H]3CCCN3C(=O)[C@H](CC3=CCc4ccc(F)cc43)NC(=O)[C@H](Cc3c[nH]c4ccc(F)cc34)CC(=O)[C@@H](C)NC(=O)[C@H](CCCCN)NC(=O)CCSCc3cccc(c3)CSC[C@@H](C(N)=O)NC(=O)[C@]3(C)CCCN3C2=O)cc1. The number of hydrogen-bond donors (Lipinski definition) is 9. The van der Waals surface area contributed by atoms with E-state index in [1.54, 1.807) is 57.3 Å². The van der Waals surface area contributed by atoms with Crippen molar-refractivity contribution < 1.29 is 61.5 Å². The fourth-order valence-corrected chi connectivity index (χ4v) is 15.3. The van der Waals surface area contributed by atoms with Crippen molar-refractivity contribution in [3.05, 3.63) is 142 Å². The summed E-state index contributed by atoms with van der Waals surface area (Å²) >= 11 is 2.89. The number of H-pyrrole nitrogens is 1. The Hall–Kier alpha value is -8.62. The first-order chi connectivity index (χ1) is 47.4. The fourth-order valence-electron chi connectivity index (χ4n) is 13.4. The Morgan fingerprint density at radius 1 is 0.747 bits per heavy atom. The molecule has 3 aliphatic heterocycles. The van der Waals surface area contributed by atoms with Crippen molar-refractivity contribution in [3.63, 3.8) is 0 Å². The van der Waals surface area contributed by atoms with Crippen LogP contribution in [0.15, 0.2) is 97.2 Å². The van der Waals surface area contributed by atoms with Crippen LogP contribution in [-0.2, 0) is 78.7 Å². The van der Waals surface area contributed by atoms with Crippen LogP contribution in [0.25, 0.3) is 16.5 Å². The van der Waals surface area contributed by atoms with Gasteiger partial charge in [0.25, 0.3) is 0 Å². The summed E-state index contributed by atoms with van der Waals surface area (Å²) in [5.74, 6) is -7.36. The van der Waals surface area contributed by atoms with Gasteiger partial charge in [0, 0.05) is 84.8 Å². The third-order valence-corrected chi connectivity index (χ3v) is 21.2. The van der Waals surface area contributed by atoms with E-state index in [1.807, 2.05) is 30.3 Å². The third-order valence-electron chi connectivity index (χ3n) is 19.1. The average Bonchev–Trinajstić information content (AvgIpc) is 1.71. The Labute approximate surface area is 584 Å². The Morgan fingerprint density at radius 3 is 2.19 bits per heavy atom.